The molecule has 48 heavy (non-hydrogen) atoms. The summed E-state index contributed by atoms with van der Waals surface area (Å²) in [5.41, 5.74) is 2.85. The molecule has 0 bridgehead atoms. The average Bonchev–Trinajstić information content (AvgIpc) is 3.70. The van der Waals surface area contributed by atoms with Gasteiger partial charge >= 0.3 is 6.09 Å². The Kier molecular flexibility index (Phi) is 9.35. The van der Waals surface area contributed by atoms with Gasteiger partial charge in [0.1, 0.15) is 24.5 Å². The number of aliphatic hydroxyl groups excluding tert-OH is 1. The first kappa shape index (κ1) is 32.9. The summed E-state index contributed by atoms with van der Waals surface area (Å²) in [6.07, 6.45) is 1.88. The number of halogens is 3. The van der Waals surface area contributed by atoms with Crippen molar-refractivity contribution in [1.29, 1.82) is 0 Å². The highest BCUT2D eigenvalue weighted by Gasteiger charge is 2.23. The van der Waals surface area contributed by atoms with Crippen molar-refractivity contribution in [3.63, 3.8) is 0 Å². The number of carbonyl (C=O) groups is 2. The van der Waals surface area contributed by atoms with E-state index in [1.54, 1.807) is 48.7 Å². The van der Waals surface area contributed by atoms with E-state index < -0.39 is 25.1 Å². The number of hydrogen-bond donors (Lipinski definition) is 3. The quantitative estimate of drug-likeness (QED) is 0.198. The third-order valence-electron chi connectivity index (χ3n) is 8.10. The Morgan fingerprint density at radius 2 is 1.79 bits per heavy atom. The summed E-state index contributed by atoms with van der Waals surface area (Å²) in [5, 5.41) is 19.8. The fraction of sp³-hybridized carbons (Fsp3) is 0.242. The maximum Gasteiger partial charge on any atom is 0.407 e. The molecule has 4 heterocycles. The molecule has 15 heteroatoms. The summed E-state index contributed by atoms with van der Waals surface area (Å²) < 4.78 is 28.7. The van der Waals surface area contributed by atoms with Crippen molar-refractivity contribution in [2.45, 2.75) is 32.1 Å². The van der Waals surface area contributed by atoms with Gasteiger partial charge < -0.3 is 25.2 Å². The Bertz CT molecular complexity index is 2130. The van der Waals surface area contributed by atoms with E-state index in [0.29, 0.717) is 51.2 Å². The summed E-state index contributed by atoms with van der Waals surface area (Å²) in [7, 11) is 2.86. The maximum absolute atomic E-state index is 15.5. The smallest absolute Gasteiger partial charge is 0.407 e. The van der Waals surface area contributed by atoms with Crippen LogP contribution in [-0.2, 0) is 29.8 Å². The Hall–Kier alpha value is -4.98. The number of rotatable bonds is 9. The van der Waals surface area contributed by atoms with Crippen LogP contribution in [0.1, 0.15) is 24.2 Å². The molecule has 2 aromatic carbocycles. The fourth-order valence-corrected chi connectivity index (χ4v) is 6.20. The minimum atomic E-state index is -0.779. The van der Waals surface area contributed by atoms with Gasteiger partial charge in [0, 0.05) is 66.1 Å². The number of pyridine rings is 1. The molecule has 1 aliphatic rings. The van der Waals surface area contributed by atoms with Crippen LogP contribution in [0.25, 0.3) is 39.0 Å². The molecule has 0 radical (unpaired) electrons. The number of aromatic nitrogens is 4. The Balaban J connectivity index is 1.27. The number of carbonyl (C=O) groups excluding carboxylic acids is 2. The molecule has 2 amide bonds. The van der Waals surface area contributed by atoms with Gasteiger partial charge in [-0.25, -0.2) is 18.7 Å². The van der Waals surface area contributed by atoms with Gasteiger partial charge in [-0.1, -0.05) is 59.6 Å². The van der Waals surface area contributed by atoms with E-state index in [4.69, 9.17) is 32.7 Å². The summed E-state index contributed by atoms with van der Waals surface area (Å²) in [4.78, 5) is 40.9. The Labute approximate surface area is 283 Å². The highest BCUT2D eigenvalue weighted by atomic mass is 35.5. The molecular formula is C33H29Cl2FN6O6. The number of ether oxygens (including phenoxy) is 2. The van der Waals surface area contributed by atoms with Crippen molar-refractivity contribution in [2.24, 2.45) is 7.05 Å². The van der Waals surface area contributed by atoms with Crippen LogP contribution in [0.4, 0.5) is 9.18 Å². The molecule has 0 spiro atoms. The number of fused-ring (bicyclic) bond motifs is 1. The number of nitrogens with zero attached hydrogens (tertiary/aromatic N) is 4. The molecule has 1 fully saturated rings. The van der Waals surface area contributed by atoms with Gasteiger partial charge in [-0.15, -0.1) is 0 Å². The van der Waals surface area contributed by atoms with Crippen molar-refractivity contribution >= 4 is 40.7 Å². The molecule has 5 aromatic rings. The fourth-order valence-electron chi connectivity index (χ4n) is 5.54. The van der Waals surface area contributed by atoms with Gasteiger partial charge in [-0.2, -0.15) is 5.10 Å². The minimum absolute atomic E-state index is 0.0658. The third kappa shape index (κ3) is 6.31. The molecule has 3 N–H and O–H groups in total. The molecule has 0 saturated carbocycles. The van der Waals surface area contributed by atoms with Crippen LogP contribution < -0.4 is 20.9 Å². The largest absolute Gasteiger partial charge is 0.481 e. The van der Waals surface area contributed by atoms with Gasteiger partial charge in [0.15, 0.2) is 5.82 Å². The molecular weight excluding hydrogens is 666 g/mol. The van der Waals surface area contributed by atoms with E-state index in [2.05, 4.69) is 20.7 Å². The highest BCUT2D eigenvalue weighted by Crippen LogP contribution is 2.42. The molecule has 6 rings (SSSR count). The van der Waals surface area contributed by atoms with Crippen LogP contribution in [0.3, 0.4) is 0 Å². The molecule has 12 nitrogen and oxygen atoms in total. The lowest BCUT2D eigenvalue weighted by atomic mass is 9.97. The van der Waals surface area contributed by atoms with Crippen LogP contribution in [0.5, 0.6) is 5.88 Å². The SMILES string of the molecule is COc1nc(-c2cccc(-c3cccc(-c4cc5c(=O)n(C)c(CO)nn5c4)c3Cl)c2Cl)cc(F)c1COC(=O)NCC1CCC(=O)N1. The van der Waals surface area contributed by atoms with E-state index in [0.717, 1.165) is 0 Å². The number of methoxy groups -OCH3 is 1. The van der Waals surface area contributed by atoms with Crippen LogP contribution in [0.2, 0.25) is 10.0 Å². The topological polar surface area (TPSA) is 149 Å². The second kappa shape index (κ2) is 13.6. The molecule has 3 aromatic heterocycles. The number of nitrogens with one attached hydrogen (secondary N) is 2. The van der Waals surface area contributed by atoms with Crippen molar-refractivity contribution in [3.05, 3.63) is 92.3 Å². The van der Waals surface area contributed by atoms with Crippen LogP contribution in [0.15, 0.2) is 59.5 Å². The van der Waals surface area contributed by atoms with Crippen molar-refractivity contribution < 1.29 is 28.6 Å². The zero-order chi connectivity index (χ0) is 34.1. The third-order valence-corrected chi connectivity index (χ3v) is 8.92. The number of aliphatic hydroxyl groups is 1. The summed E-state index contributed by atoms with van der Waals surface area (Å²) in [6.45, 7) is -0.657. The zero-order valence-corrected chi connectivity index (χ0v) is 27.2. The number of alkyl carbamates (subject to hydrolysis) is 1. The van der Waals surface area contributed by atoms with Crippen LogP contribution in [0, 0.1) is 5.82 Å². The van der Waals surface area contributed by atoms with Gasteiger partial charge in [0.05, 0.1) is 28.4 Å². The Morgan fingerprint density at radius 3 is 2.46 bits per heavy atom. The van der Waals surface area contributed by atoms with Crippen LogP contribution in [-0.4, -0.2) is 56.0 Å². The summed E-state index contributed by atoms with van der Waals surface area (Å²) >= 11 is 13.9. The first-order chi connectivity index (χ1) is 23.1. The zero-order valence-electron chi connectivity index (χ0n) is 25.7. The van der Waals surface area contributed by atoms with E-state index >= 15 is 4.39 Å². The van der Waals surface area contributed by atoms with Gasteiger partial charge in [-0.05, 0) is 12.5 Å². The molecule has 1 saturated heterocycles. The summed E-state index contributed by atoms with van der Waals surface area (Å²) in [6, 6.07) is 13.2. The number of hydrogen-bond acceptors (Lipinski definition) is 8. The van der Waals surface area contributed by atoms with Crippen molar-refractivity contribution in [1.82, 2.24) is 29.8 Å². The standard InChI is InChI=1S/C33H29Cl2FN6O6/c1-41-27(15-43)40-42-14-17(11-26(42)32(41)45)19-5-3-6-20(29(19)34)21-7-4-8-22(30(21)35)25-12-24(36)23(31(39-25)47-2)16-48-33(46)37-13-18-9-10-28(44)38-18/h3-8,11-12,14,18,43H,9-10,13,15-16H2,1-2H3,(H,37,46)(H,38,44). The van der Waals surface area contributed by atoms with E-state index in [9.17, 15) is 19.5 Å². The van der Waals surface area contributed by atoms with Crippen molar-refractivity contribution in [3.8, 4) is 39.4 Å². The predicted octanol–water partition coefficient (Wildman–Crippen LogP) is 4.88. The maximum atomic E-state index is 15.5. The lowest BCUT2D eigenvalue weighted by Crippen LogP contribution is -2.38. The molecule has 1 unspecified atom stereocenters. The van der Waals surface area contributed by atoms with Gasteiger partial charge in [-0.3, -0.25) is 14.2 Å². The number of benzene rings is 2. The van der Waals surface area contributed by atoms with E-state index in [1.165, 1.54) is 29.3 Å². The normalized spacial score (nSPS) is 14.3. The first-order valence-electron chi connectivity index (χ1n) is 14.8. The van der Waals surface area contributed by atoms with Gasteiger partial charge in [0.2, 0.25) is 11.8 Å². The summed E-state index contributed by atoms with van der Waals surface area (Å²) in [5.74, 6) is -0.684. The molecule has 1 aliphatic heterocycles. The lowest BCUT2D eigenvalue weighted by molar-refractivity contribution is -0.119. The minimum Gasteiger partial charge on any atom is -0.481 e. The second-order valence-corrected chi connectivity index (χ2v) is 11.8. The molecule has 248 valence electrons. The first-order valence-corrected chi connectivity index (χ1v) is 15.6. The lowest BCUT2D eigenvalue weighted by Gasteiger charge is -2.15. The molecule has 1 atom stereocenters. The average molecular weight is 696 g/mol. The second-order valence-electron chi connectivity index (χ2n) is 11.1. The van der Waals surface area contributed by atoms with Crippen molar-refractivity contribution in [2.75, 3.05) is 13.7 Å². The van der Waals surface area contributed by atoms with Crippen LogP contribution >= 0.6 is 23.2 Å². The highest BCUT2D eigenvalue weighted by molar-refractivity contribution is 6.39. The van der Waals surface area contributed by atoms with Gasteiger partial charge in [0.25, 0.3) is 5.56 Å². The predicted molar refractivity (Wildman–Crippen MR) is 176 cm³/mol. The Morgan fingerprint density at radius 1 is 1.10 bits per heavy atom. The number of amides is 2. The van der Waals surface area contributed by atoms with E-state index in [1.807, 2.05) is 0 Å². The monoisotopic (exact) mass is 694 g/mol. The molecule has 0 aliphatic carbocycles. The van der Waals surface area contributed by atoms with E-state index in [-0.39, 0.29) is 52.0 Å².